The first-order chi connectivity index (χ1) is 6.18. The fourth-order valence-corrected chi connectivity index (χ4v) is 1.45. The summed E-state index contributed by atoms with van der Waals surface area (Å²) in [5, 5.41) is 0. The fourth-order valence-electron chi connectivity index (χ4n) is 1.45. The fraction of sp³-hybridized carbons (Fsp3) is 0.750. The number of hydrogen-bond donors (Lipinski definition) is 0. The first kappa shape index (κ1) is 8.50. The van der Waals surface area contributed by atoms with Crippen LogP contribution in [0.4, 0.5) is 0 Å². The lowest BCUT2D eigenvalue weighted by atomic mass is 10.1. The number of likely N-dealkylation sites (N-methyl/N-ethyl adjacent to an activating group) is 1. The Morgan fingerprint density at radius 3 is 2.69 bits per heavy atom. The van der Waals surface area contributed by atoms with Crippen LogP contribution in [0.5, 0.6) is 0 Å². The Morgan fingerprint density at radius 2 is 2.31 bits per heavy atom. The van der Waals surface area contributed by atoms with Gasteiger partial charge in [0.05, 0.1) is 13.3 Å². The molecule has 2 saturated heterocycles. The summed E-state index contributed by atoms with van der Waals surface area (Å²) < 4.78 is 5.05. The molecule has 1 atom stereocenters. The monoisotopic (exact) mass is 184 g/mol. The summed E-state index contributed by atoms with van der Waals surface area (Å²) in [4.78, 5) is 25.7. The van der Waals surface area contributed by atoms with Crippen LogP contribution in [0.2, 0.25) is 0 Å². The normalized spacial score (nSPS) is 27.8. The average molecular weight is 184 g/mol. The minimum Gasteiger partial charge on any atom is -0.368 e. The predicted molar refractivity (Wildman–Crippen MR) is 43.7 cm³/mol. The predicted octanol–water partition coefficient (Wildman–Crippen LogP) is -0.967. The van der Waals surface area contributed by atoms with Crippen molar-refractivity contribution in [3.05, 3.63) is 0 Å². The van der Waals surface area contributed by atoms with E-state index in [-0.39, 0.29) is 24.5 Å². The zero-order chi connectivity index (χ0) is 9.42. The molecule has 72 valence electrons. The maximum atomic E-state index is 11.5. The summed E-state index contributed by atoms with van der Waals surface area (Å²) in [5.41, 5.74) is 0. The molecule has 5 heteroatoms. The van der Waals surface area contributed by atoms with E-state index in [2.05, 4.69) is 0 Å². The van der Waals surface area contributed by atoms with E-state index in [0.717, 1.165) is 6.42 Å². The Hall–Kier alpha value is -1.10. The summed E-state index contributed by atoms with van der Waals surface area (Å²) in [5.74, 6) is -0.0587. The third-order valence-corrected chi connectivity index (χ3v) is 2.42. The van der Waals surface area contributed by atoms with Gasteiger partial charge in [0.25, 0.3) is 5.91 Å². The Bertz CT molecular complexity index is 250. The van der Waals surface area contributed by atoms with Gasteiger partial charge < -0.3 is 14.5 Å². The second kappa shape index (κ2) is 2.99. The van der Waals surface area contributed by atoms with Crippen LogP contribution in [-0.2, 0) is 14.3 Å². The van der Waals surface area contributed by atoms with Gasteiger partial charge in [0, 0.05) is 13.5 Å². The summed E-state index contributed by atoms with van der Waals surface area (Å²) in [6.07, 6.45) is 0.493. The van der Waals surface area contributed by atoms with Crippen molar-refractivity contribution in [1.29, 1.82) is 0 Å². The lowest BCUT2D eigenvalue weighted by molar-refractivity contribution is -0.155. The zero-order valence-corrected chi connectivity index (χ0v) is 7.52. The van der Waals surface area contributed by atoms with Crippen molar-refractivity contribution < 1.29 is 14.3 Å². The Morgan fingerprint density at radius 1 is 1.62 bits per heavy atom. The zero-order valence-electron chi connectivity index (χ0n) is 7.52. The number of rotatable bonds is 1. The second-order valence-corrected chi connectivity index (χ2v) is 3.42. The van der Waals surface area contributed by atoms with Gasteiger partial charge in [-0.3, -0.25) is 9.59 Å². The molecular formula is C8H12N2O3. The van der Waals surface area contributed by atoms with Crippen LogP contribution < -0.4 is 0 Å². The molecule has 0 aromatic rings. The maximum absolute atomic E-state index is 11.5. The first-order valence-electron chi connectivity index (χ1n) is 4.33. The van der Waals surface area contributed by atoms with Crippen LogP contribution in [0.15, 0.2) is 0 Å². The smallest absolute Gasteiger partial charge is 0.253 e. The van der Waals surface area contributed by atoms with E-state index in [4.69, 9.17) is 4.74 Å². The van der Waals surface area contributed by atoms with Crippen LogP contribution in [0, 0.1) is 0 Å². The number of amides is 2. The summed E-state index contributed by atoms with van der Waals surface area (Å²) in [7, 11) is 1.69. The van der Waals surface area contributed by atoms with Gasteiger partial charge in [-0.15, -0.1) is 0 Å². The third kappa shape index (κ3) is 1.39. The van der Waals surface area contributed by atoms with Gasteiger partial charge in [0.15, 0.2) is 0 Å². The molecule has 2 amide bonds. The number of carbonyl (C=O) groups is 2. The van der Waals surface area contributed by atoms with Gasteiger partial charge in [0.1, 0.15) is 12.6 Å². The van der Waals surface area contributed by atoms with Gasteiger partial charge in [-0.25, -0.2) is 0 Å². The van der Waals surface area contributed by atoms with E-state index < -0.39 is 0 Å². The van der Waals surface area contributed by atoms with Crippen molar-refractivity contribution >= 4 is 11.8 Å². The van der Waals surface area contributed by atoms with Crippen LogP contribution in [-0.4, -0.2) is 54.6 Å². The SMILES string of the molecule is CN1CN(C(=O)C2CCO2)CC1=O. The van der Waals surface area contributed by atoms with Gasteiger partial charge in [-0.05, 0) is 0 Å². The lowest BCUT2D eigenvalue weighted by Gasteiger charge is -2.28. The van der Waals surface area contributed by atoms with E-state index in [9.17, 15) is 9.59 Å². The standard InChI is InChI=1S/C8H12N2O3/c1-9-5-10(4-7(9)11)8(12)6-2-3-13-6/h6H,2-5H2,1H3. The van der Waals surface area contributed by atoms with E-state index in [0.29, 0.717) is 13.3 Å². The molecule has 0 aliphatic carbocycles. The number of ether oxygens (including phenoxy) is 1. The van der Waals surface area contributed by atoms with Crippen LogP contribution in [0.3, 0.4) is 0 Å². The Labute approximate surface area is 76.2 Å². The Balaban J connectivity index is 1.94. The number of hydrogen-bond acceptors (Lipinski definition) is 3. The van der Waals surface area contributed by atoms with Gasteiger partial charge >= 0.3 is 0 Å². The van der Waals surface area contributed by atoms with E-state index >= 15 is 0 Å². The van der Waals surface area contributed by atoms with Crippen molar-refractivity contribution in [2.45, 2.75) is 12.5 Å². The molecule has 5 nitrogen and oxygen atoms in total. The highest BCUT2D eigenvalue weighted by Gasteiger charge is 2.35. The molecule has 2 aliphatic rings. The molecular weight excluding hydrogens is 172 g/mol. The molecule has 0 aromatic carbocycles. The highest BCUT2D eigenvalue weighted by Crippen LogP contribution is 2.16. The molecule has 13 heavy (non-hydrogen) atoms. The molecule has 1 unspecified atom stereocenters. The van der Waals surface area contributed by atoms with Crippen molar-refractivity contribution in [3.8, 4) is 0 Å². The quantitative estimate of drug-likeness (QED) is 0.527. The lowest BCUT2D eigenvalue weighted by Crippen LogP contribution is -2.45. The molecule has 0 spiro atoms. The maximum Gasteiger partial charge on any atom is 0.253 e. The summed E-state index contributed by atoms with van der Waals surface area (Å²) in [6.45, 7) is 1.26. The highest BCUT2D eigenvalue weighted by atomic mass is 16.5. The molecule has 0 radical (unpaired) electrons. The minimum atomic E-state index is -0.292. The van der Waals surface area contributed by atoms with Crippen LogP contribution in [0.1, 0.15) is 6.42 Å². The molecule has 0 N–H and O–H groups in total. The molecule has 0 bridgehead atoms. The van der Waals surface area contributed by atoms with Gasteiger partial charge in [0.2, 0.25) is 5.91 Å². The van der Waals surface area contributed by atoms with E-state index in [1.807, 2.05) is 0 Å². The van der Waals surface area contributed by atoms with E-state index in [1.54, 1.807) is 7.05 Å². The van der Waals surface area contributed by atoms with Crippen molar-refractivity contribution in [2.24, 2.45) is 0 Å². The largest absolute Gasteiger partial charge is 0.368 e. The van der Waals surface area contributed by atoms with E-state index in [1.165, 1.54) is 9.80 Å². The topological polar surface area (TPSA) is 49.9 Å². The number of carbonyl (C=O) groups excluding carboxylic acids is 2. The third-order valence-electron chi connectivity index (χ3n) is 2.42. The first-order valence-corrected chi connectivity index (χ1v) is 4.33. The molecule has 0 aromatic heterocycles. The second-order valence-electron chi connectivity index (χ2n) is 3.42. The van der Waals surface area contributed by atoms with Crippen LogP contribution >= 0.6 is 0 Å². The summed E-state index contributed by atoms with van der Waals surface area (Å²) >= 11 is 0. The number of nitrogens with zero attached hydrogens (tertiary/aromatic N) is 2. The van der Waals surface area contributed by atoms with Crippen molar-refractivity contribution in [1.82, 2.24) is 9.80 Å². The molecule has 2 heterocycles. The highest BCUT2D eigenvalue weighted by molar-refractivity contribution is 5.89. The molecule has 2 rings (SSSR count). The molecule has 0 saturated carbocycles. The molecule has 2 fully saturated rings. The van der Waals surface area contributed by atoms with Crippen molar-refractivity contribution in [2.75, 3.05) is 26.9 Å². The average Bonchev–Trinajstić information content (AvgIpc) is 2.28. The summed E-state index contributed by atoms with van der Waals surface area (Å²) in [6, 6.07) is 0. The van der Waals surface area contributed by atoms with Gasteiger partial charge in [-0.1, -0.05) is 0 Å². The van der Waals surface area contributed by atoms with Gasteiger partial charge in [-0.2, -0.15) is 0 Å². The Kier molecular flexibility index (Phi) is 1.95. The van der Waals surface area contributed by atoms with Crippen molar-refractivity contribution in [3.63, 3.8) is 0 Å². The minimum absolute atomic E-state index is 0.00678. The molecule has 2 aliphatic heterocycles. The van der Waals surface area contributed by atoms with Crippen LogP contribution in [0.25, 0.3) is 0 Å².